The van der Waals surface area contributed by atoms with Crippen molar-refractivity contribution >= 4 is 10.9 Å². The van der Waals surface area contributed by atoms with E-state index in [-0.39, 0.29) is 6.04 Å². The summed E-state index contributed by atoms with van der Waals surface area (Å²) in [6.45, 7) is 2.25. The molecule has 2 rings (SSSR count). The van der Waals surface area contributed by atoms with E-state index in [1.807, 2.05) is 7.05 Å². The third-order valence-corrected chi connectivity index (χ3v) is 4.39. The Hall–Kier alpha value is -1.32. The number of unbranched alkanes of at least 4 members (excludes halogenated alkanes) is 3. The Morgan fingerprint density at radius 1 is 1.19 bits per heavy atom. The molecule has 0 aliphatic rings. The molecule has 21 heavy (non-hydrogen) atoms. The fourth-order valence-corrected chi connectivity index (χ4v) is 3.06. The molecule has 0 fully saturated rings. The zero-order valence-corrected chi connectivity index (χ0v) is 13.4. The van der Waals surface area contributed by atoms with E-state index >= 15 is 0 Å². The summed E-state index contributed by atoms with van der Waals surface area (Å²) >= 11 is 0. The second-order valence-corrected chi connectivity index (χ2v) is 5.97. The van der Waals surface area contributed by atoms with Crippen molar-refractivity contribution in [1.82, 2.24) is 10.3 Å². The van der Waals surface area contributed by atoms with Crippen LogP contribution < -0.4 is 11.1 Å². The van der Waals surface area contributed by atoms with E-state index in [0.717, 1.165) is 6.42 Å². The van der Waals surface area contributed by atoms with Gasteiger partial charge in [0.25, 0.3) is 0 Å². The maximum absolute atomic E-state index is 6.45. The first kappa shape index (κ1) is 16.1. The molecular weight excluding hydrogens is 258 g/mol. The Kier molecular flexibility index (Phi) is 6.27. The van der Waals surface area contributed by atoms with E-state index in [4.69, 9.17) is 5.73 Å². The van der Waals surface area contributed by atoms with Gasteiger partial charge in [0, 0.05) is 29.2 Å². The normalized spacial score (nSPS) is 14.4. The van der Waals surface area contributed by atoms with Crippen LogP contribution in [0.5, 0.6) is 0 Å². The summed E-state index contributed by atoms with van der Waals surface area (Å²) in [7, 11) is 2.03. The van der Waals surface area contributed by atoms with Gasteiger partial charge in [-0.1, -0.05) is 50.8 Å². The van der Waals surface area contributed by atoms with Gasteiger partial charge in [0.1, 0.15) is 0 Å². The molecule has 0 spiro atoms. The van der Waals surface area contributed by atoms with E-state index in [1.165, 1.54) is 48.6 Å². The lowest BCUT2D eigenvalue weighted by molar-refractivity contribution is 0.413. The number of aromatic amines is 1. The highest BCUT2D eigenvalue weighted by Gasteiger charge is 2.17. The number of rotatable bonds is 9. The van der Waals surface area contributed by atoms with Crippen LogP contribution in [0, 0.1) is 0 Å². The van der Waals surface area contributed by atoms with Crippen LogP contribution in [-0.2, 0) is 6.42 Å². The van der Waals surface area contributed by atoms with Gasteiger partial charge in [-0.3, -0.25) is 0 Å². The van der Waals surface area contributed by atoms with Gasteiger partial charge in [0.15, 0.2) is 0 Å². The topological polar surface area (TPSA) is 53.8 Å². The Bertz CT molecular complexity index is 532. The van der Waals surface area contributed by atoms with E-state index in [1.54, 1.807) is 0 Å². The molecule has 1 heterocycles. The molecule has 116 valence electrons. The minimum atomic E-state index is 0.163. The molecule has 0 aliphatic heterocycles. The molecule has 0 radical (unpaired) electrons. The van der Waals surface area contributed by atoms with Crippen molar-refractivity contribution in [3.63, 3.8) is 0 Å². The first-order valence-corrected chi connectivity index (χ1v) is 8.24. The minimum absolute atomic E-state index is 0.163. The number of nitrogens with one attached hydrogen (secondary N) is 2. The average molecular weight is 287 g/mol. The van der Waals surface area contributed by atoms with Crippen LogP contribution in [0.15, 0.2) is 30.5 Å². The van der Waals surface area contributed by atoms with Gasteiger partial charge < -0.3 is 16.0 Å². The van der Waals surface area contributed by atoms with Crippen LogP contribution in [-0.4, -0.2) is 24.1 Å². The molecule has 0 aliphatic carbocycles. The summed E-state index contributed by atoms with van der Waals surface area (Å²) in [6, 6.07) is 9.00. The van der Waals surface area contributed by atoms with Crippen molar-refractivity contribution in [3.05, 3.63) is 36.0 Å². The minimum Gasteiger partial charge on any atom is -0.361 e. The summed E-state index contributed by atoms with van der Waals surface area (Å²) in [5.41, 5.74) is 8.97. The summed E-state index contributed by atoms with van der Waals surface area (Å²) < 4.78 is 0. The van der Waals surface area contributed by atoms with Gasteiger partial charge in [-0.25, -0.2) is 0 Å². The Morgan fingerprint density at radius 2 is 2.00 bits per heavy atom. The molecule has 0 saturated heterocycles. The largest absolute Gasteiger partial charge is 0.361 e. The second-order valence-electron chi connectivity index (χ2n) is 5.97. The van der Waals surface area contributed by atoms with Gasteiger partial charge in [-0.2, -0.15) is 0 Å². The maximum Gasteiger partial charge on any atom is 0.0456 e. The van der Waals surface area contributed by atoms with Crippen molar-refractivity contribution in [1.29, 1.82) is 0 Å². The molecule has 4 N–H and O–H groups in total. The lowest BCUT2D eigenvalue weighted by atomic mass is 9.95. The lowest BCUT2D eigenvalue weighted by Crippen LogP contribution is -2.44. The standard InChI is InChI=1S/C18H29N3/c1-3-4-5-6-11-18(20-2)16(19)12-14-13-21-17-10-8-7-9-15(14)17/h7-10,13,16,18,20-21H,3-6,11-12,19H2,1-2H3. The van der Waals surface area contributed by atoms with Crippen molar-refractivity contribution < 1.29 is 0 Å². The molecule has 2 unspecified atom stereocenters. The van der Waals surface area contributed by atoms with Crippen molar-refractivity contribution in [2.45, 2.75) is 57.5 Å². The van der Waals surface area contributed by atoms with E-state index < -0.39 is 0 Å². The van der Waals surface area contributed by atoms with Gasteiger partial charge in [0.05, 0.1) is 0 Å². The quantitative estimate of drug-likeness (QED) is 0.617. The molecule has 2 atom stereocenters. The van der Waals surface area contributed by atoms with Gasteiger partial charge in [0.2, 0.25) is 0 Å². The zero-order chi connectivity index (χ0) is 15.1. The number of benzene rings is 1. The smallest absolute Gasteiger partial charge is 0.0456 e. The van der Waals surface area contributed by atoms with E-state index in [9.17, 15) is 0 Å². The molecule has 1 aromatic carbocycles. The van der Waals surface area contributed by atoms with Crippen LogP contribution >= 0.6 is 0 Å². The van der Waals surface area contributed by atoms with Crippen LogP contribution in [0.2, 0.25) is 0 Å². The zero-order valence-electron chi connectivity index (χ0n) is 13.4. The monoisotopic (exact) mass is 287 g/mol. The molecular formula is C18H29N3. The highest BCUT2D eigenvalue weighted by atomic mass is 14.9. The van der Waals surface area contributed by atoms with Crippen LogP contribution in [0.3, 0.4) is 0 Å². The van der Waals surface area contributed by atoms with Crippen molar-refractivity contribution in [2.75, 3.05) is 7.05 Å². The third kappa shape index (κ3) is 4.32. The van der Waals surface area contributed by atoms with Crippen molar-refractivity contribution in [3.8, 4) is 0 Å². The fraction of sp³-hybridized carbons (Fsp3) is 0.556. The second kappa shape index (κ2) is 8.20. The number of H-pyrrole nitrogens is 1. The van der Waals surface area contributed by atoms with Crippen LogP contribution in [0.4, 0.5) is 0 Å². The molecule has 2 aromatic rings. The van der Waals surface area contributed by atoms with Crippen LogP contribution in [0.1, 0.15) is 44.6 Å². The van der Waals surface area contributed by atoms with Gasteiger partial charge in [-0.05, 0) is 31.5 Å². The molecule has 0 amide bonds. The first-order chi connectivity index (χ1) is 10.3. The lowest BCUT2D eigenvalue weighted by Gasteiger charge is -2.23. The molecule has 0 bridgehead atoms. The first-order valence-electron chi connectivity index (χ1n) is 8.24. The third-order valence-electron chi connectivity index (χ3n) is 4.39. The number of aromatic nitrogens is 1. The summed E-state index contributed by atoms with van der Waals surface area (Å²) in [5.74, 6) is 0. The number of likely N-dealkylation sites (N-methyl/N-ethyl adjacent to an activating group) is 1. The number of nitrogens with two attached hydrogens (primary N) is 1. The summed E-state index contributed by atoms with van der Waals surface area (Å²) in [6.07, 6.45) is 9.38. The van der Waals surface area contributed by atoms with E-state index in [2.05, 4.69) is 47.7 Å². The van der Waals surface area contributed by atoms with Crippen molar-refractivity contribution in [2.24, 2.45) is 5.73 Å². The maximum atomic E-state index is 6.45. The number of fused-ring (bicyclic) bond motifs is 1. The highest BCUT2D eigenvalue weighted by Crippen LogP contribution is 2.20. The average Bonchev–Trinajstić information content (AvgIpc) is 2.91. The molecule has 3 heteroatoms. The van der Waals surface area contributed by atoms with Crippen LogP contribution in [0.25, 0.3) is 10.9 Å². The highest BCUT2D eigenvalue weighted by molar-refractivity contribution is 5.83. The SMILES string of the molecule is CCCCCCC(NC)C(N)Cc1c[nH]c2ccccc12. The number of hydrogen-bond acceptors (Lipinski definition) is 2. The Labute approximate surface area is 128 Å². The van der Waals surface area contributed by atoms with Gasteiger partial charge >= 0.3 is 0 Å². The number of hydrogen-bond donors (Lipinski definition) is 3. The predicted molar refractivity (Wildman–Crippen MR) is 91.6 cm³/mol. The summed E-state index contributed by atoms with van der Waals surface area (Å²) in [4.78, 5) is 3.33. The fourth-order valence-electron chi connectivity index (χ4n) is 3.06. The Balaban J connectivity index is 1.93. The summed E-state index contributed by atoms with van der Waals surface area (Å²) in [5, 5.41) is 4.70. The number of para-hydroxylation sites is 1. The predicted octanol–water partition coefficient (Wildman–Crippen LogP) is 3.60. The molecule has 1 aromatic heterocycles. The molecule has 3 nitrogen and oxygen atoms in total. The van der Waals surface area contributed by atoms with E-state index in [0.29, 0.717) is 6.04 Å². The Morgan fingerprint density at radius 3 is 2.76 bits per heavy atom. The molecule has 0 saturated carbocycles. The van der Waals surface area contributed by atoms with Gasteiger partial charge in [-0.15, -0.1) is 0 Å².